The van der Waals surface area contributed by atoms with Crippen LogP contribution in [0.15, 0.2) is 12.7 Å². The molecule has 0 aromatic heterocycles. The molecular formula is C5H12ClNO. The van der Waals surface area contributed by atoms with Gasteiger partial charge in [-0.2, -0.15) is 0 Å². The van der Waals surface area contributed by atoms with Crippen molar-refractivity contribution in [3.8, 4) is 0 Å². The lowest BCUT2D eigenvalue weighted by Crippen LogP contribution is -1.95. The predicted octanol–water partition coefficient (Wildman–Crippen LogP) is 1.32. The normalized spacial score (nSPS) is 11.8. The number of aliphatic hydroxyl groups is 1. The summed E-state index contributed by atoms with van der Waals surface area (Å²) in [5.74, 6) is 0. The van der Waals surface area contributed by atoms with Crippen LogP contribution in [-0.2, 0) is 0 Å². The van der Waals surface area contributed by atoms with Crippen LogP contribution in [0.3, 0.4) is 0 Å². The third-order valence-corrected chi connectivity index (χ3v) is 1.06. The first-order chi connectivity index (χ1) is 3.31. The summed E-state index contributed by atoms with van der Waals surface area (Å²) in [5, 5.41) is 8.17. The van der Waals surface area contributed by atoms with Gasteiger partial charge >= 0.3 is 0 Å². The molecule has 0 saturated heterocycles. The Hall–Kier alpha value is -0.0500. The number of halogens is 1. The molecule has 0 bridgehead atoms. The monoisotopic (exact) mass is 137 g/mol. The van der Waals surface area contributed by atoms with Crippen LogP contribution in [0.1, 0.15) is 6.42 Å². The van der Waals surface area contributed by atoms with Gasteiger partial charge in [-0.25, -0.2) is 0 Å². The second kappa shape index (κ2) is 6.95. The highest BCUT2D eigenvalue weighted by molar-refractivity contribution is 6.21. The highest BCUT2D eigenvalue weighted by atomic mass is 35.5. The molecule has 1 unspecified atom stereocenters. The topological polar surface area (TPSA) is 55.2 Å². The Morgan fingerprint density at radius 3 is 2.38 bits per heavy atom. The Morgan fingerprint density at radius 1 is 1.75 bits per heavy atom. The Bertz CT molecular complexity index is 58.4. The van der Waals surface area contributed by atoms with Crippen LogP contribution in [-0.4, -0.2) is 17.1 Å². The maximum atomic E-state index is 8.24. The molecule has 1 atom stereocenters. The zero-order valence-corrected chi connectivity index (χ0v) is 5.56. The van der Waals surface area contributed by atoms with Crippen molar-refractivity contribution in [1.29, 1.82) is 0 Å². The van der Waals surface area contributed by atoms with Gasteiger partial charge in [-0.15, -0.1) is 18.2 Å². The smallest absolute Gasteiger partial charge is 0.0535 e. The summed E-state index contributed by atoms with van der Waals surface area (Å²) < 4.78 is 0. The van der Waals surface area contributed by atoms with E-state index in [4.69, 9.17) is 16.7 Å². The zero-order valence-electron chi connectivity index (χ0n) is 4.81. The summed E-state index contributed by atoms with van der Waals surface area (Å²) in [7, 11) is 0. The summed E-state index contributed by atoms with van der Waals surface area (Å²) >= 11 is 5.49. The van der Waals surface area contributed by atoms with Crippen LogP contribution in [0.4, 0.5) is 0 Å². The van der Waals surface area contributed by atoms with E-state index >= 15 is 0 Å². The minimum atomic E-state index is -0.0648. The molecular weight excluding hydrogens is 126 g/mol. The van der Waals surface area contributed by atoms with E-state index in [1.807, 2.05) is 0 Å². The lowest BCUT2D eigenvalue weighted by Gasteiger charge is -1.95. The third kappa shape index (κ3) is 5.95. The predicted molar refractivity (Wildman–Crippen MR) is 36.6 cm³/mol. The summed E-state index contributed by atoms with van der Waals surface area (Å²) in [6.07, 6.45) is 2.21. The molecule has 4 N–H and O–H groups in total. The number of allylic oxidation sites excluding steroid dienone is 1. The zero-order chi connectivity index (χ0) is 5.70. The molecule has 0 rings (SSSR count). The van der Waals surface area contributed by atoms with Gasteiger partial charge in [0.25, 0.3) is 0 Å². The van der Waals surface area contributed by atoms with E-state index in [2.05, 4.69) is 6.58 Å². The second-order valence-corrected chi connectivity index (χ2v) is 1.82. The standard InChI is InChI=1S/C5H9ClO.H3N/c1-2-5(6)3-4-7;/h2,5,7H,1,3-4H2;1H3. The van der Waals surface area contributed by atoms with Crippen LogP contribution in [0, 0.1) is 0 Å². The number of hydrogen-bond acceptors (Lipinski definition) is 2. The lowest BCUT2D eigenvalue weighted by molar-refractivity contribution is 0.290. The molecule has 0 saturated carbocycles. The second-order valence-electron chi connectivity index (χ2n) is 1.26. The summed E-state index contributed by atoms with van der Waals surface area (Å²) in [6, 6.07) is 0. The van der Waals surface area contributed by atoms with Crippen molar-refractivity contribution in [3.05, 3.63) is 12.7 Å². The highest BCUT2D eigenvalue weighted by Crippen LogP contribution is 1.99. The van der Waals surface area contributed by atoms with Gasteiger partial charge < -0.3 is 11.3 Å². The van der Waals surface area contributed by atoms with Crippen molar-refractivity contribution in [3.63, 3.8) is 0 Å². The van der Waals surface area contributed by atoms with Crippen LogP contribution in [0.25, 0.3) is 0 Å². The van der Waals surface area contributed by atoms with Crippen LogP contribution < -0.4 is 6.15 Å². The molecule has 0 aliphatic carbocycles. The van der Waals surface area contributed by atoms with Gasteiger partial charge in [0.05, 0.1) is 5.38 Å². The fourth-order valence-corrected chi connectivity index (χ4v) is 0.339. The highest BCUT2D eigenvalue weighted by Gasteiger charge is 1.92. The molecule has 0 aliphatic rings. The van der Waals surface area contributed by atoms with Crippen LogP contribution >= 0.6 is 11.6 Å². The van der Waals surface area contributed by atoms with E-state index in [9.17, 15) is 0 Å². The van der Waals surface area contributed by atoms with Gasteiger partial charge in [-0.3, -0.25) is 0 Å². The first kappa shape index (κ1) is 10.8. The first-order valence-electron chi connectivity index (χ1n) is 2.18. The molecule has 0 spiro atoms. The molecule has 0 amide bonds. The van der Waals surface area contributed by atoms with Crippen molar-refractivity contribution >= 4 is 11.6 Å². The average Bonchev–Trinajstić information content (AvgIpc) is 1.68. The maximum absolute atomic E-state index is 8.24. The van der Waals surface area contributed by atoms with Gasteiger partial charge in [-0.1, -0.05) is 6.08 Å². The number of rotatable bonds is 3. The maximum Gasteiger partial charge on any atom is 0.0535 e. The molecule has 0 aromatic rings. The van der Waals surface area contributed by atoms with E-state index in [1.54, 1.807) is 6.08 Å². The Kier molecular flexibility index (Phi) is 9.42. The van der Waals surface area contributed by atoms with Gasteiger partial charge in [0.1, 0.15) is 0 Å². The van der Waals surface area contributed by atoms with Gasteiger partial charge in [0.15, 0.2) is 0 Å². The number of alkyl halides is 1. The van der Waals surface area contributed by atoms with E-state index in [0.29, 0.717) is 6.42 Å². The lowest BCUT2D eigenvalue weighted by atomic mass is 10.3. The van der Waals surface area contributed by atoms with Gasteiger partial charge in [-0.05, 0) is 6.42 Å². The first-order valence-corrected chi connectivity index (χ1v) is 2.62. The quantitative estimate of drug-likeness (QED) is 0.456. The Morgan fingerprint density at radius 2 is 2.25 bits per heavy atom. The minimum Gasteiger partial charge on any atom is -0.396 e. The van der Waals surface area contributed by atoms with E-state index in [0.717, 1.165) is 0 Å². The molecule has 3 heteroatoms. The molecule has 0 heterocycles. The summed E-state index contributed by atoms with van der Waals surface area (Å²) in [4.78, 5) is 0. The fourth-order valence-electron chi connectivity index (χ4n) is 0.241. The average molecular weight is 138 g/mol. The van der Waals surface area contributed by atoms with Crippen LogP contribution in [0.5, 0.6) is 0 Å². The van der Waals surface area contributed by atoms with Crippen molar-refractivity contribution in [2.45, 2.75) is 11.8 Å². The Balaban J connectivity index is 0. The number of hydrogen-bond donors (Lipinski definition) is 2. The van der Waals surface area contributed by atoms with Crippen molar-refractivity contribution in [1.82, 2.24) is 6.15 Å². The van der Waals surface area contributed by atoms with E-state index in [1.165, 1.54) is 0 Å². The fraction of sp³-hybridized carbons (Fsp3) is 0.600. The minimum absolute atomic E-state index is 0. The molecule has 50 valence electrons. The summed E-state index contributed by atoms with van der Waals surface area (Å²) in [6.45, 7) is 3.58. The van der Waals surface area contributed by atoms with Gasteiger partial charge in [0, 0.05) is 6.61 Å². The van der Waals surface area contributed by atoms with Gasteiger partial charge in [0.2, 0.25) is 0 Å². The van der Waals surface area contributed by atoms with Crippen LogP contribution in [0.2, 0.25) is 0 Å². The molecule has 8 heavy (non-hydrogen) atoms. The summed E-state index contributed by atoms with van der Waals surface area (Å²) in [5.41, 5.74) is 0. The molecule has 0 radical (unpaired) electrons. The van der Waals surface area contributed by atoms with Crippen molar-refractivity contribution in [2.75, 3.05) is 6.61 Å². The number of aliphatic hydroxyl groups excluding tert-OH is 1. The Labute approximate surface area is 54.7 Å². The van der Waals surface area contributed by atoms with E-state index < -0.39 is 0 Å². The molecule has 0 fully saturated rings. The van der Waals surface area contributed by atoms with E-state index in [-0.39, 0.29) is 18.1 Å². The van der Waals surface area contributed by atoms with Crippen molar-refractivity contribution < 1.29 is 5.11 Å². The third-order valence-electron chi connectivity index (χ3n) is 0.661. The van der Waals surface area contributed by atoms with Crippen molar-refractivity contribution in [2.24, 2.45) is 0 Å². The molecule has 0 aromatic carbocycles. The molecule has 2 nitrogen and oxygen atoms in total. The largest absolute Gasteiger partial charge is 0.396 e. The SMILES string of the molecule is C=CC(Cl)CCO.N. The molecule has 0 aliphatic heterocycles.